The number of aryl methyl sites for hydroxylation is 1. The van der Waals surface area contributed by atoms with Gasteiger partial charge in [0.1, 0.15) is 11.5 Å². The van der Waals surface area contributed by atoms with Gasteiger partial charge in [0.15, 0.2) is 6.20 Å². The fourth-order valence-electron chi connectivity index (χ4n) is 3.15. The summed E-state index contributed by atoms with van der Waals surface area (Å²) < 4.78 is 6.35. The molecule has 116 valence electrons. The number of carbonyl (C=O) groups is 1. The second kappa shape index (κ2) is 5.16. The van der Waals surface area contributed by atoms with Crippen molar-refractivity contribution in [3.63, 3.8) is 0 Å². The second-order valence-electron chi connectivity index (χ2n) is 6.72. The summed E-state index contributed by atoms with van der Waals surface area (Å²) in [4.78, 5) is 12.4. The summed E-state index contributed by atoms with van der Waals surface area (Å²) in [5.74, 6) is 1.42. The van der Waals surface area contributed by atoms with E-state index < -0.39 is 0 Å². The van der Waals surface area contributed by atoms with Gasteiger partial charge in [-0.05, 0) is 30.9 Å². The van der Waals surface area contributed by atoms with Gasteiger partial charge in [0.05, 0.1) is 6.04 Å². The van der Waals surface area contributed by atoms with Crippen LogP contribution in [0.5, 0.6) is 0 Å². The van der Waals surface area contributed by atoms with Crippen molar-refractivity contribution in [2.45, 2.75) is 39.7 Å². The lowest BCUT2D eigenvalue weighted by Gasteiger charge is -2.34. The minimum atomic E-state index is -0.358. The summed E-state index contributed by atoms with van der Waals surface area (Å²) in [7, 11) is 0. The fraction of sp³-hybridized carbons (Fsp3) is 0.412. The summed E-state index contributed by atoms with van der Waals surface area (Å²) in [5, 5.41) is 14.7. The summed E-state index contributed by atoms with van der Waals surface area (Å²) in [5.41, 5.74) is 1.17. The van der Waals surface area contributed by atoms with E-state index in [2.05, 4.69) is 19.2 Å². The molecule has 0 fully saturated rings. The van der Waals surface area contributed by atoms with Crippen LogP contribution < -0.4 is 10.0 Å². The Bertz CT molecular complexity index is 718. The van der Waals surface area contributed by atoms with Crippen molar-refractivity contribution in [3.05, 3.63) is 58.4 Å². The highest BCUT2D eigenvalue weighted by molar-refractivity contribution is 5.91. The molecule has 2 aromatic heterocycles. The largest absolute Gasteiger partial charge is 0.618 e. The zero-order valence-corrected chi connectivity index (χ0v) is 13.1. The molecule has 0 aliphatic heterocycles. The smallest absolute Gasteiger partial charge is 0.317 e. The maximum absolute atomic E-state index is 12.4. The van der Waals surface area contributed by atoms with E-state index >= 15 is 0 Å². The SMILES string of the molecule is Cc1cc2c(o1)CC(C)(C)C[C@H]2NC(=O)c1cccc[n+]1[O-]. The van der Waals surface area contributed by atoms with E-state index in [4.69, 9.17) is 4.42 Å². The Labute approximate surface area is 129 Å². The third-order valence-corrected chi connectivity index (χ3v) is 4.10. The molecule has 0 saturated heterocycles. The number of carbonyl (C=O) groups excluding carboxylic acids is 1. The van der Waals surface area contributed by atoms with Crippen LogP contribution in [0.2, 0.25) is 0 Å². The van der Waals surface area contributed by atoms with E-state index in [0.29, 0.717) is 4.73 Å². The van der Waals surface area contributed by atoms with Crippen LogP contribution in [0.3, 0.4) is 0 Å². The Hall–Kier alpha value is -2.30. The number of aromatic nitrogens is 1. The van der Waals surface area contributed by atoms with Gasteiger partial charge in [-0.3, -0.25) is 4.79 Å². The van der Waals surface area contributed by atoms with Crippen LogP contribution in [0, 0.1) is 17.5 Å². The first kappa shape index (κ1) is 14.6. The molecule has 2 aromatic rings. The minimum Gasteiger partial charge on any atom is -0.618 e. The molecule has 1 aliphatic rings. The lowest BCUT2D eigenvalue weighted by molar-refractivity contribution is -0.607. The van der Waals surface area contributed by atoms with E-state index in [9.17, 15) is 10.0 Å². The monoisotopic (exact) mass is 300 g/mol. The van der Waals surface area contributed by atoms with Crippen LogP contribution in [-0.2, 0) is 6.42 Å². The van der Waals surface area contributed by atoms with Crippen LogP contribution in [-0.4, -0.2) is 5.91 Å². The summed E-state index contributed by atoms with van der Waals surface area (Å²) >= 11 is 0. The van der Waals surface area contributed by atoms with Crippen molar-refractivity contribution in [2.75, 3.05) is 0 Å². The first-order valence-corrected chi connectivity index (χ1v) is 7.44. The third kappa shape index (κ3) is 2.71. The Morgan fingerprint density at radius 3 is 2.95 bits per heavy atom. The predicted molar refractivity (Wildman–Crippen MR) is 81.2 cm³/mol. The number of hydrogen-bond donors (Lipinski definition) is 1. The quantitative estimate of drug-likeness (QED) is 0.685. The number of pyridine rings is 1. The van der Waals surface area contributed by atoms with Gasteiger partial charge in [-0.15, -0.1) is 0 Å². The van der Waals surface area contributed by atoms with Crippen molar-refractivity contribution >= 4 is 5.91 Å². The van der Waals surface area contributed by atoms with Crippen molar-refractivity contribution in [3.8, 4) is 0 Å². The lowest BCUT2D eigenvalue weighted by atomic mass is 9.74. The van der Waals surface area contributed by atoms with Crippen LogP contribution in [0.15, 0.2) is 34.9 Å². The molecule has 1 amide bonds. The molecule has 1 N–H and O–H groups in total. The highest BCUT2D eigenvalue weighted by Gasteiger charge is 2.36. The Balaban J connectivity index is 1.89. The van der Waals surface area contributed by atoms with E-state index in [1.165, 1.54) is 12.3 Å². The Morgan fingerprint density at radius 1 is 1.45 bits per heavy atom. The molecule has 0 spiro atoms. The summed E-state index contributed by atoms with van der Waals surface area (Å²) in [6, 6.07) is 6.65. The molecule has 3 rings (SSSR count). The van der Waals surface area contributed by atoms with Crippen LogP contribution in [0.1, 0.15) is 53.9 Å². The number of nitrogens with one attached hydrogen (secondary N) is 1. The van der Waals surface area contributed by atoms with Crippen LogP contribution in [0.25, 0.3) is 0 Å². The molecule has 0 radical (unpaired) electrons. The normalized spacial score (nSPS) is 19.5. The van der Waals surface area contributed by atoms with Gasteiger partial charge in [0.2, 0.25) is 0 Å². The second-order valence-corrected chi connectivity index (χ2v) is 6.72. The molecule has 5 heteroatoms. The first-order chi connectivity index (χ1) is 10.4. The maximum Gasteiger partial charge on any atom is 0.317 e. The number of nitrogens with zero attached hydrogens (tertiary/aromatic N) is 1. The van der Waals surface area contributed by atoms with Crippen molar-refractivity contribution < 1.29 is 13.9 Å². The molecule has 0 aromatic carbocycles. The van der Waals surface area contributed by atoms with Gasteiger partial charge in [0, 0.05) is 24.1 Å². The highest BCUT2D eigenvalue weighted by atomic mass is 16.5. The van der Waals surface area contributed by atoms with Gasteiger partial charge in [0.25, 0.3) is 5.69 Å². The molecular formula is C17H20N2O3. The standard InChI is InChI=1S/C17H20N2O3/c1-11-8-12-13(9-17(2,3)10-15(12)22-11)18-16(20)14-6-4-5-7-19(14)21/h4-8,13H,9-10H2,1-3H3,(H,18,20)/t13-/m1/s1. The van der Waals surface area contributed by atoms with Gasteiger partial charge in [-0.1, -0.05) is 13.8 Å². The van der Waals surface area contributed by atoms with E-state index in [0.717, 1.165) is 29.9 Å². The molecule has 22 heavy (non-hydrogen) atoms. The lowest BCUT2D eigenvalue weighted by Crippen LogP contribution is -2.42. The van der Waals surface area contributed by atoms with Crippen LogP contribution in [0.4, 0.5) is 0 Å². The maximum atomic E-state index is 12.4. The first-order valence-electron chi connectivity index (χ1n) is 7.44. The number of furan rings is 1. The van der Waals surface area contributed by atoms with Crippen LogP contribution >= 0.6 is 0 Å². The molecule has 1 atom stereocenters. The van der Waals surface area contributed by atoms with Gasteiger partial charge in [-0.2, -0.15) is 4.73 Å². The van der Waals surface area contributed by atoms with Crippen molar-refractivity contribution in [2.24, 2.45) is 5.41 Å². The van der Waals surface area contributed by atoms with Gasteiger partial charge in [-0.25, -0.2) is 0 Å². The van der Waals surface area contributed by atoms with E-state index in [1.807, 2.05) is 13.0 Å². The highest BCUT2D eigenvalue weighted by Crippen LogP contribution is 2.42. The molecule has 5 nitrogen and oxygen atoms in total. The third-order valence-electron chi connectivity index (χ3n) is 4.10. The zero-order valence-electron chi connectivity index (χ0n) is 13.1. The van der Waals surface area contributed by atoms with Gasteiger partial charge < -0.3 is 14.9 Å². The molecule has 0 bridgehead atoms. The summed E-state index contributed by atoms with van der Waals surface area (Å²) in [6.07, 6.45) is 3.00. The predicted octanol–water partition coefficient (Wildman–Crippen LogP) is 2.66. The number of hydrogen-bond acceptors (Lipinski definition) is 3. The fourth-order valence-corrected chi connectivity index (χ4v) is 3.15. The zero-order chi connectivity index (χ0) is 15.9. The average Bonchev–Trinajstić information content (AvgIpc) is 2.78. The molecule has 0 unspecified atom stereocenters. The number of amides is 1. The Kier molecular flexibility index (Phi) is 3.43. The topological polar surface area (TPSA) is 69.2 Å². The van der Waals surface area contributed by atoms with E-state index in [1.54, 1.807) is 12.1 Å². The molecule has 1 aliphatic carbocycles. The minimum absolute atomic E-state index is 0.0410. The Morgan fingerprint density at radius 2 is 2.23 bits per heavy atom. The van der Waals surface area contributed by atoms with Crippen molar-refractivity contribution in [1.82, 2.24) is 5.32 Å². The average molecular weight is 300 g/mol. The number of fused-ring (bicyclic) bond motifs is 1. The van der Waals surface area contributed by atoms with E-state index in [-0.39, 0.29) is 23.1 Å². The molecule has 0 saturated carbocycles. The molecule has 2 heterocycles. The number of rotatable bonds is 2. The summed E-state index contributed by atoms with van der Waals surface area (Å²) in [6.45, 7) is 6.22. The molecular weight excluding hydrogens is 280 g/mol. The van der Waals surface area contributed by atoms with Crippen molar-refractivity contribution in [1.29, 1.82) is 0 Å². The van der Waals surface area contributed by atoms with Gasteiger partial charge >= 0.3 is 5.91 Å².